The number of unbranched alkanes of at least 4 members (excludes halogenated alkanes) is 1. The van der Waals surface area contributed by atoms with Gasteiger partial charge in [-0.3, -0.25) is 4.79 Å². The van der Waals surface area contributed by atoms with Crippen molar-refractivity contribution < 1.29 is 13.9 Å². The zero-order valence-electron chi connectivity index (χ0n) is 13.2. The van der Waals surface area contributed by atoms with Gasteiger partial charge in [0.1, 0.15) is 0 Å². The van der Waals surface area contributed by atoms with Crippen LogP contribution in [0.5, 0.6) is 5.75 Å². The molecule has 0 aliphatic heterocycles. The summed E-state index contributed by atoms with van der Waals surface area (Å²) in [5.74, 6) is -0.234. The van der Waals surface area contributed by atoms with Crippen LogP contribution in [0.4, 0.5) is 4.39 Å². The van der Waals surface area contributed by atoms with Gasteiger partial charge < -0.3 is 15.8 Å². The molecular formula is C16H26ClFN2O2. The van der Waals surface area contributed by atoms with Gasteiger partial charge in [-0.25, -0.2) is 4.39 Å². The Kier molecular flexibility index (Phi) is 10.6. The highest BCUT2D eigenvalue weighted by atomic mass is 35.5. The third-order valence-corrected chi connectivity index (χ3v) is 3.41. The molecule has 0 heterocycles. The Bertz CT molecular complexity index is 458. The van der Waals surface area contributed by atoms with Crippen LogP contribution in [0, 0.1) is 5.82 Å². The lowest BCUT2D eigenvalue weighted by Crippen LogP contribution is -2.40. The number of carbonyl (C=O) groups is 1. The Balaban J connectivity index is 0.00000441. The van der Waals surface area contributed by atoms with Crippen LogP contribution >= 0.6 is 12.4 Å². The second-order valence-corrected chi connectivity index (χ2v) is 5.11. The summed E-state index contributed by atoms with van der Waals surface area (Å²) >= 11 is 0. The monoisotopic (exact) mass is 332 g/mol. The molecule has 0 aromatic heterocycles. The van der Waals surface area contributed by atoms with Gasteiger partial charge in [-0.1, -0.05) is 25.8 Å². The molecule has 0 aliphatic rings. The van der Waals surface area contributed by atoms with Crippen LogP contribution in [0.15, 0.2) is 18.2 Å². The first kappa shape index (κ1) is 20.7. The van der Waals surface area contributed by atoms with Crippen molar-refractivity contribution >= 4 is 18.3 Å². The Morgan fingerprint density at radius 1 is 1.45 bits per heavy atom. The maximum Gasteiger partial charge on any atom is 0.220 e. The fourth-order valence-electron chi connectivity index (χ4n) is 2.12. The number of ether oxygens (including phenoxy) is 1. The Hall–Kier alpha value is -1.33. The van der Waals surface area contributed by atoms with Crippen molar-refractivity contribution in [3.05, 3.63) is 29.6 Å². The second kappa shape index (κ2) is 11.3. The number of rotatable bonds is 9. The quantitative estimate of drug-likeness (QED) is 0.731. The number of benzene rings is 1. The first-order valence-corrected chi connectivity index (χ1v) is 7.42. The number of nitrogens with one attached hydrogen (secondary N) is 1. The summed E-state index contributed by atoms with van der Waals surface area (Å²) in [5.41, 5.74) is 6.42. The average molecular weight is 333 g/mol. The Morgan fingerprint density at radius 2 is 2.18 bits per heavy atom. The van der Waals surface area contributed by atoms with E-state index in [4.69, 9.17) is 10.5 Å². The van der Waals surface area contributed by atoms with Crippen molar-refractivity contribution in [2.24, 2.45) is 5.73 Å². The van der Waals surface area contributed by atoms with Crippen molar-refractivity contribution in [2.75, 3.05) is 13.7 Å². The molecule has 6 heteroatoms. The molecule has 0 bridgehead atoms. The number of halogens is 2. The lowest BCUT2D eigenvalue weighted by atomic mass is 10.1. The van der Waals surface area contributed by atoms with Crippen LogP contribution in [-0.2, 0) is 11.2 Å². The molecule has 3 N–H and O–H groups in total. The molecule has 1 atom stereocenters. The van der Waals surface area contributed by atoms with E-state index in [0.717, 1.165) is 24.8 Å². The predicted octanol–water partition coefficient (Wildman–Crippen LogP) is 2.82. The zero-order valence-corrected chi connectivity index (χ0v) is 14.0. The smallest absolute Gasteiger partial charge is 0.220 e. The maximum absolute atomic E-state index is 13.5. The molecule has 0 saturated carbocycles. The molecule has 1 amide bonds. The van der Waals surface area contributed by atoms with E-state index in [2.05, 4.69) is 12.2 Å². The summed E-state index contributed by atoms with van der Waals surface area (Å²) in [6, 6.07) is 4.79. The molecule has 1 unspecified atom stereocenters. The van der Waals surface area contributed by atoms with Crippen molar-refractivity contribution in [1.82, 2.24) is 5.32 Å². The molecule has 22 heavy (non-hydrogen) atoms. The van der Waals surface area contributed by atoms with E-state index in [0.29, 0.717) is 19.4 Å². The fourth-order valence-corrected chi connectivity index (χ4v) is 2.12. The van der Waals surface area contributed by atoms with Gasteiger partial charge >= 0.3 is 0 Å². The van der Waals surface area contributed by atoms with Crippen LogP contribution in [0.3, 0.4) is 0 Å². The van der Waals surface area contributed by atoms with Crippen LogP contribution in [0.1, 0.15) is 38.2 Å². The molecule has 0 aliphatic carbocycles. The number of nitrogens with two attached hydrogens (primary N) is 1. The Labute approximate surface area is 138 Å². The van der Waals surface area contributed by atoms with E-state index in [9.17, 15) is 9.18 Å². The maximum atomic E-state index is 13.5. The number of hydrogen-bond acceptors (Lipinski definition) is 3. The molecule has 1 rings (SSSR count). The molecule has 126 valence electrons. The van der Waals surface area contributed by atoms with E-state index >= 15 is 0 Å². The van der Waals surface area contributed by atoms with Gasteiger partial charge in [0, 0.05) is 19.0 Å². The third kappa shape index (κ3) is 7.09. The van der Waals surface area contributed by atoms with Gasteiger partial charge in [-0.05, 0) is 30.5 Å². The van der Waals surface area contributed by atoms with Gasteiger partial charge in [0.05, 0.1) is 7.11 Å². The molecular weight excluding hydrogens is 307 g/mol. The van der Waals surface area contributed by atoms with Gasteiger partial charge in [-0.2, -0.15) is 0 Å². The summed E-state index contributed by atoms with van der Waals surface area (Å²) in [6.45, 7) is 2.55. The molecule has 1 aromatic carbocycles. The molecule has 1 aromatic rings. The predicted molar refractivity (Wildman–Crippen MR) is 89.0 cm³/mol. The van der Waals surface area contributed by atoms with E-state index in [1.54, 1.807) is 12.1 Å². The van der Waals surface area contributed by atoms with Gasteiger partial charge in [-0.15, -0.1) is 12.4 Å². The number of methoxy groups -OCH3 is 1. The standard InChI is InChI=1S/C16H25FN2O2.ClH/c1-3-4-5-13(11-18)19-16(20)9-7-12-6-8-15(21-2)14(17)10-12;/h6,8,10,13H,3-5,7,9,11,18H2,1-2H3,(H,19,20);1H. The SMILES string of the molecule is CCCCC(CN)NC(=O)CCc1ccc(OC)c(F)c1.Cl. The van der Waals surface area contributed by atoms with E-state index in [1.807, 2.05) is 0 Å². The number of aryl methyl sites for hydroxylation is 1. The third-order valence-electron chi connectivity index (χ3n) is 3.41. The van der Waals surface area contributed by atoms with E-state index < -0.39 is 5.82 Å². The highest BCUT2D eigenvalue weighted by Crippen LogP contribution is 2.18. The molecule has 0 radical (unpaired) electrons. The van der Waals surface area contributed by atoms with Crippen molar-refractivity contribution in [3.8, 4) is 5.75 Å². The number of hydrogen-bond donors (Lipinski definition) is 2. The minimum absolute atomic E-state index is 0. The van der Waals surface area contributed by atoms with Crippen molar-refractivity contribution in [3.63, 3.8) is 0 Å². The molecule has 0 fully saturated rings. The summed E-state index contributed by atoms with van der Waals surface area (Å²) in [7, 11) is 1.43. The minimum Gasteiger partial charge on any atom is -0.494 e. The molecule has 0 spiro atoms. The van der Waals surface area contributed by atoms with E-state index in [-0.39, 0.29) is 30.1 Å². The van der Waals surface area contributed by atoms with Gasteiger partial charge in [0.15, 0.2) is 11.6 Å². The van der Waals surface area contributed by atoms with Crippen LogP contribution in [-0.4, -0.2) is 25.6 Å². The normalized spacial score (nSPS) is 11.5. The van der Waals surface area contributed by atoms with Crippen LogP contribution in [0.25, 0.3) is 0 Å². The largest absolute Gasteiger partial charge is 0.494 e. The van der Waals surface area contributed by atoms with Crippen molar-refractivity contribution in [1.29, 1.82) is 0 Å². The first-order chi connectivity index (χ1) is 10.1. The topological polar surface area (TPSA) is 64.3 Å². The summed E-state index contributed by atoms with van der Waals surface area (Å²) in [4.78, 5) is 11.9. The summed E-state index contributed by atoms with van der Waals surface area (Å²) < 4.78 is 18.4. The van der Waals surface area contributed by atoms with Crippen molar-refractivity contribution in [2.45, 2.75) is 45.1 Å². The zero-order chi connectivity index (χ0) is 15.7. The second-order valence-electron chi connectivity index (χ2n) is 5.11. The average Bonchev–Trinajstić information content (AvgIpc) is 2.49. The van der Waals surface area contributed by atoms with Gasteiger partial charge in [0.25, 0.3) is 0 Å². The summed E-state index contributed by atoms with van der Waals surface area (Å²) in [6.07, 6.45) is 3.85. The van der Waals surface area contributed by atoms with Crippen LogP contribution in [0.2, 0.25) is 0 Å². The highest BCUT2D eigenvalue weighted by molar-refractivity contribution is 5.85. The van der Waals surface area contributed by atoms with E-state index in [1.165, 1.54) is 13.2 Å². The minimum atomic E-state index is -0.404. The molecule has 0 saturated heterocycles. The lowest BCUT2D eigenvalue weighted by molar-refractivity contribution is -0.121. The number of amides is 1. The number of carbonyl (C=O) groups excluding carboxylic acids is 1. The lowest BCUT2D eigenvalue weighted by Gasteiger charge is -2.16. The summed E-state index contributed by atoms with van der Waals surface area (Å²) in [5, 5.41) is 2.93. The van der Waals surface area contributed by atoms with Gasteiger partial charge in [0.2, 0.25) is 5.91 Å². The highest BCUT2D eigenvalue weighted by Gasteiger charge is 2.11. The first-order valence-electron chi connectivity index (χ1n) is 7.42. The fraction of sp³-hybridized carbons (Fsp3) is 0.562. The Morgan fingerprint density at radius 3 is 2.73 bits per heavy atom. The van der Waals surface area contributed by atoms with Crippen LogP contribution < -0.4 is 15.8 Å². The molecule has 4 nitrogen and oxygen atoms in total.